The number of benzene rings is 1. The van der Waals surface area contributed by atoms with Crippen molar-refractivity contribution in [2.45, 2.75) is 45.1 Å². The van der Waals surface area contributed by atoms with Crippen LogP contribution in [0.5, 0.6) is 5.75 Å². The van der Waals surface area contributed by atoms with Crippen LogP contribution in [0.4, 0.5) is 0 Å². The van der Waals surface area contributed by atoms with E-state index in [2.05, 4.69) is 44.3 Å². The predicted octanol–water partition coefficient (Wildman–Crippen LogP) is 3.58. The fraction of sp³-hybridized carbons (Fsp3) is 0.625. The Morgan fingerprint density at radius 2 is 2.06 bits per heavy atom. The van der Waals surface area contributed by atoms with Crippen LogP contribution in [-0.2, 0) is 0 Å². The third-order valence-corrected chi connectivity index (χ3v) is 3.83. The van der Waals surface area contributed by atoms with Crippen LogP contribution in [0.1, 0.15) is 45.1 Å². The van der Waals surface area contributed by atoms with Crippen LogP contribution in [0.3, 0.4) is 0 Å². The summed E-state index contributed by atoms with van der Waals surface area (Å²) in [7, 11) is 1.73. The topological polar surface area (TPSA) is 21.3 Å². The molecule has 0 amide bonds. The zero-order valence-corrected chi connectivity index (χ0v) is 12.0. The molecule has 100 valence electrons. The van der Waals surface area contributed by atoms with E-state index in [0.29, 0.717) is 5.92 Å². The summed E-state index contributed by atoms with van der Waals surface area (Å²) >= 11 is 0. The van der Waals surface area contributed by atoms with Gasteiger partial charge in [-0.05, 0) is 69.7 Å². The fourth-order valence-electron chi connectivity index (χ4n) is 2.56. The molecule has 0 heterocycles. The average molecular weight is 247 g/mol. The summed E-state index contributed by atoms with van der Waals surface area (Å²) in [6.45, 7) is 7.80. The Labute approximate surface area is 111 Å². The summed E-state index contributed by atoms with van der Waals surface area (Å²) in [6.07, 6.45) is 2.65. The van der Waals surface area contributed by atoms with Crippen LogP contribution in [0.2, 0.25) is 0 Å². The van der Waals surface area contributed by atoms with Crippen LogP contribution >= 0.6 is 0 Å². The van der Waals surface area contributed by atoms with Gasteiger partial charge in [-0.2, -0.15) is 0 Å². The van der Waals surface area contributed by atoms with E-state index in [1.165, 1.54) is 18.4 Å². The lowest BCUT2D eigenvalue weighted by atomic mass is 9.70. The minimum atomic E-state index is 0.217. The summed E-state index contributed by atoms with van der Waals surface area (Å²) < 4.78 is 5.31. The van der Waals surface area contributed by atoms with Crippen LogP contribution in [0.15, 0.2) is 24.3 Å². The van der Waals surface area contributed by atoms with Gasteiger partial charge in [-0.25, -0.2) is 0 Å². The summed E-state index contributed by atoms with van der Waals surface area (Å²) in [5.41, 5.74) is 1.65. The third-order valence-electron chi connectivity index (χ3n) is 3.83. The van der Waals surface area contributed by atoms with Gasteiger partial charge >= 0.3 is 0 Å². The summed E-state index contributed by atoms with van der Waals surface area (Å²) in [5.74, 6) is 2.45. The Morgan fingerprint density at radius 1 is 1.28 bits per heavy atom. The largest absolute Gasteiger partial charge is 0.497 e. The summed E-state index contributed by atoms with van der Waals surface area (Å²) in [5, 5.41) is 3.62. The van der Waals surface area contributed by atoms with E-state index < -0.39 is 0 Å². The van der Waals surface area contributed by atoms with Crippen molar-refractivity contribution in [3.8, 4) is 5.75 Å². The minimum absolute atomic E-state index is 0.217. The number of nitrogens with one attached hydrogen (secondary N) is 1. The Hall–Kier alpha value is -1.02. The SMILES string of the molecule is COc1cccc(C2CCC2CNC(C)(C)C)c1. The molecule has 2 nitrogen and oxygen atoms in total. The van der Waals surface area contributed by atoms with E-state index in [4.69, 9.17) is 4.74 Å². The number of methoxy groups -OCH3 is 1. The van der Waals surface area contributed by atoms with Crippen molar-refractivity contribution in [1.29, 1.82) is 0 Å². The second-order valence-corrected chi connectivity index (χ2v) is 6.35. The van der Waals surface area contributed by atoms with Gasteiger partial charge in [-0.15, -0.1) is 0 Å². The molecule has 2 atom stereocenters. The second kappa shape index (κ2) is 5.31. The zero-order chi connectivity index (χ0) is 13.2. The Balaban J connectivity index is 1.97. The van der Waals surface area contributed by atoms with Crippen molar-refractivity contribution in [1.82, 2.24) is 5.32 Å². The monoisotopic (exact) mass is 247 g/mol. The maximum absolute atomic E-state index is 5.31. The zero-order valence-electron chi connectivity index (χ0n) is 12.0. The van der Waals surface area contributed by atoms with Gasteiger partial charge in [-0.3, -0.25) is 0 Å². The molecule has 1 aliphatic carbocycles. The lowest BCUT2D eigenvalue weighted by Crippen LogP contribution is -2.42. The van der Waals surface area contributed by atoms with Gasteiger partial charge in [0.25, 0.3) is 0 Å². The van der Waals surface area contributed by atoms with E-state index in [1.54, 1.807) is 7.11 Å². The standard InChI is InChI=1S/C16H25NO/c1-16(2,3)17-11-13-8-9-15(13)12-6-5-7-14(10-12)18-4/h5-7,10,13,15,17H,8-9,11H2,1-4H3. The molecule has 1 fully saturated rings. The van der Waals surface area contributed by atoms with Gasteiger partial charge in [0, 0.05) is 5.54 Å². The molecule has 1 aliphatic rings. The molecule has 0 radical (unpaired) electrons. The number of hydrogen-bond acceptors (Lipinski definition) is 2. The fourth-order valence-corrected chi connectivity index (χ4v) is 2.56. The lowest BCUT2D eigenvalue weighted by Gasteiger charge is -2.39. The van der Waals surface area contributed by atoms with Crippen molar-refractivity contribution < 1.29 is 4.74 Å². The molecule has 0 spiro atoms. The summed E-state index contributed by atoms with van der Waals surface area (Å²) in [4.78, 5) is 0. The first-order chi connectivity index (χ1) is 8.49. The minimum Gasteiger partial charge on any atom is -0.497 e. The Bertz CT molecular complexity index is 394. The average Bonchev–Trinajstić information content (AvgIpc) is 2.26. The molecule has 2 rings (SSSR count). The van der Waals surface area contributed by atoms with Gasteiger partial charge in [-0.1, -0.05) is 12.1 Å². The number of rotatable bonds is 4. The first kappa shape index (κ1) is 13.4. The molecule has 2 heteroatoms. The number of ether oxygens (including phenoxy) is 1. The van der Waals surface area contributed by atoms with Crippen molar-refractivity contribution in [2.75, 3.05) is 13.7 Å². The first-order valence-corrected chi connectivity index (χ1v) is 6.88. The third kappa shape index (κ3) is 3.26. The van der Waals surface area contributed by atoms with E-state index in [1.807, 2.05) is 6.07 Å². The van der Waals surface area contributed by atoms with E-state index in [9.17, 15) is 0 Å². The molecule has 2 unspecified atom stereocenters. The Morgan fingerprint density at radius 3 is 2.61 bits per heavy atom. The van der Waals surface area contributed by atoms with Crippen molar-refractivity contribution >= 4 is 0 Å². The molecule has 0 aliphatic heterocycles. The lowest BCUT2D eigenvalue weighted by molar-refractivity contribution is 0.225. The molecule has 0 aromatic heterocycles. The molecule has 1 aromatic rings. The highest BCUT2D eigenvalue weighted by molar-refractivity contribution is 5.32. The molecule has 1 saturated carbocycles. The van der Waals surface area contributed by atoms with Crippen LogP contribution in [0.25, 0.3) is 0 Å². The molecule has 0 saturated heterocycles. The molecule has 0 bridgehead atoms. The molecular weight excluding hydrogens is 222 g/mol. The van der Waals surface area contributed by atoms with E-state index >= 15 is 0 Å². The predicted molar refractivity (Wildman–Crippen MR) is 76.2 cm³/mol. The van der Waals surface area contributed by atoms with Gasteiger partial charge in [0.05, 0.1) is 7.11 Å². The Kier molecular flexibility index (Phi) is 3.96. The molecular formula is C16H25NO. The second-order valence-electron chi connectivity index (χ2n) is 6.35. The molecule has 1 aromatic carbocycles. The van der Waals surface area contributed by atoms with Gasteiger partial charge in [0.15, 0.2) is 0 Å². The van der Waals surface area contributed by atoms with Gasteiger partial charge in [0.2, 0.25) is 0 Å². The van der Waals surface area contributed by atoms with Gasteiger partial charge in [0.1, 0.15) is 5.75 Å². The normalized spacial score (nSPS) is 23.6. The van der Waals surface area contributed by atoms with Crippen molar-refractivity contribution in [3.63, 3.8) is 0 Å². The van der Waals surface area contributed by atoms with Crippen molar-refractivity contribution in [3.05, 3.63) is 29.8 Å². The van der Waals surface area contributed by atoms with Crippen LogP contribution in [0, 0.1) is 5.92 Å². The highest BCUT2D eigenvalue weighted by Gasteiger charge is 2.32. The van der Waals surface area contributed by atoms with Crippen LogP contribution in [-0.4, -0.2) is 19.2 Å². The van der Waals surface area contributed by atoms with E-state index in [-0.39, 0.29) is 5.54 Å². The quantitative estimate of drug-likeness (QED) is 0.878. The van der Waals surface area contributed by atoms with Gasteiger partial charge < -0.3 is 10.1 Å². The highest BCUT2D eigenvalue weighted by atomic mass is 16.5. The highest BCUT2D eigenvalue weighted by Crippen LogP contribution is 2.43. The molecule has 1 N–H and O–H groups in total. The smallest absolute Gasteiger partial charge is 0.119 e. The first-order valence-electron chi connectivity index (χ1n) is 6.88. The molecule has 18 heavy (non-hydrogen) atoms. The van der Waals surface area contributed by atoms with Crippen LogP contribution < -0.4 is 10.1 Å². The maximum Gasteiger partial charge on any atom is 0.119 e. The van der Waals surface area contributed by atoms with E-state index in [0.717, 1.165) is 18.2 Å². The maximum atomic E-state index is 5.31. The summed E-state index contributed by atoms with van der Waals surface area (Å²) in [6, 6.07) is 8.54. The van der Waals surface area contributed by atoms with Crippen molar-refractivity contribution in [2.24, 2.45) is 5.92 Å². The number of hydrogen-bond donors (Lipinski definition) is 1.